The van der Waals surface area contributed by atoms with Gasteiger partial charge in [-0.3, -0.25) is 0 Å². The van der Waals surface area contributed by atoms with Crippen LogP contribution in [0, 0.1) is 5.41 Å². The molecular weight excluding hydrogens is 215 g/mol. The molecule has 0 saturated heterocycles. The molecule has 2 heteroatoms. The predicted molar refractivity (Wildman–Crippen MR) is 74.6 cm³/mol. The van der Waals surface area contributed by atoms with Crippen molar-refractivity contribution in [2.24, 2.45) is 5.41 Å². The summed E-state index contributed by atoms with van der Waals surface area (Å²) in [7, 11) is 2.79. The summed E-state index contributed by atoms with van der Waals surface area (Å²) in [5, 5.41) is 10.2. The number of hydrogen-bond acceptors (Lipinski definition) is 1. The molecule has 1 N–H and O–H groups in total. The zero-order valence-corrected chi connectivity index (χ0v) is 12.1. The first-order valence-corrected chi connectivity index (χ1v) is 6.24. The molecule has 16 heavy (non-hydrogen) atoms. The molecule has 0 spiro atoms. The van der Waals surface area contributed by atoms with E-state index in [-0.39, 0.29) is 10.6 Å². The molecule has 0 heterocycles. The molecule has 1 aliphatic carbocycles. The topological polar surface area (TPSA) is 20.2 Å². The average molecular weight is 238 g/mol. The van der Waals surface area contributed by atoms with Gasteiger partial charge in [0.05, 0.1) is 5.60 Å². The molecule has 0 fully saturated rings. The van der Waals surface area contributed by atoms with Crippen LogP contribution >= 0.6 is 9.24 Å². The zero-order chi connectivity index (χ0) is 12.6. The minimum atomic E-state index is -0.870. The molecule has 0 bridgehead atoms. The summed E-state index contributed by atoms with van der Waals surface area (Å²) in [6.45, 7) is 10.4. The fourth-order valence-corrected chi connectivity index (χ4v) is 1.74. The molecule has 90 valence electrons. The van der Waals surface area contributed by atoms with Crippen molar-refractivity contribution in [2.75, 3.05) is 0 Å². The molecule has 0 aromatic heterocycles. The Morgan fingerprint density at radius 3 is 2.19 bits per heavy atom. The lowest BCUT2D eigenvalue weighted by molar-refractivity contribution is 0.161. The SMILES string of the molecule is CC1(P)/C=C\C(C(C)(C)C)=C/C(C)(O)/C=C\1. The van der Waals surface area contributed by atoms with E-state index >= 15 is 0 Å². The summed E-state index contributed by atoms with van der Waals surface area (Å²) in [4.78, 5) is 0. The van der Waals surface area contributed by atoms with E-state index in [1.54, 1.807) is 0 Å². The molecule has 0 saturated carbocycles. The highest BCUT2D eigenvalue weighted by atomic mass is 31.0. The monoisotopic (exact) mass is 238 g/mol. The maximum absolute atomic E-state index is 10.2. The number of aliphatic hydroxyl groups is 1. The molecule has 0 aromatic rings. The van der Waals surface area contributed by atoms with E-state index in [9.17, 15) is 5.11 Å². The van der Waals surface area contributed by atoms with Crippen LogP contribution in [0.15, 0.2) is 36.0 Å². The average Bonchev–Trinajstić information content (AvgIpc) is 2.06. The Bertz CT molecular complexity index is 351. The van der Waals surface area contributed by atoms with Gasteiger partial charge in [-0.25, -0.2) is 0 Å². The van der Waals surface area contributed by atoms with Crippen LogP contribution in [0.4, 0.5) is 0 Å². The second kappa shape index (κ2) is 4.13. The van der Waals surface area contributed by atoms with Crippen molar-refractivity contribution in [2.45, 2.75) is 45.4 Å². The molecular formula is C14H23OP. The van der Waals surface area contributed by atoms with Gasteiger partial charge >= 0.3 is 0 Å². The van der Waals surface area contributed by atoms with Gasteiger partial charge in [-0.05, 0) is 30.9 Å². The maximum Gasteiger partial charge on any atom is 0.0986 e. The summed E-state index contributed by atoms with van der Waals surface area (Å²) in [5.41, 5.74) is 0.341. The Balaban J connectivity index is 3.25. The quantitative estimate of drug-likeness (QED) is 0.506. The third-order valence-corrected chi connectivity index (χ3v) is 3.10. The number of rotatable bonds is 0. The van der Waals surface area contributed by atoms with Crippen LogP contribution in [0.25, 0.3) is 0 Å². The predicted octanol–water partition coefficient (Wildman–Crippen LogP) is 3.47. The Labute approximate surface area is 102 Å². The second-order valence-electron chi connectivity index (χ2n) is 6.11. The fraction of sp³-hybridized carbons (Fsp3) is 0.571. The third kappa shape index (κ3) is 3.88. The highest BCUT2D eigenvalue weighted by Crippen LogP contribution is 2.33. The van der Waals surface area contributed by atoms with Gasteiger partial charge in [0, 0.05) is 5.16 Å². The van der Waals surface area contributed by atoms with Gasteiger partial charge in [-0.1, -0.05) is 45.1 Å². The molecule has 1 rings (SSSR count). The van der Waals surface area contributed by atoms with Crippen LogP contribution in [0.2, 0.25) is 0 Å². The minimum absolute atomic E-state index is 0.0480. The minimum Gasteiger partial charge on any atom is -0.382 e. The van der Waals surface area contributed by atoms with Crippen molar-refractivity contribution in [1.29, 1.82) is 0 Å². The smallest absolute Gasteiger partial charge is 0.0986 e. The van der Waals surface area contributed by atoms with Gasteiger partial charge in [0.1, 0.15) is 0 Å². The number of allylic oxidation sites excluding steroid dienone is 4. The van der Waals surface area contributed by atoms with Crippen molar-refractivity contribution in [3.8, 4) is 0 Å². The molecule has 1 nitrogen and oxygen atoms in total. The Hall–Kier alpha value is -0.390. The molecule has 3 unspecified atom stereocenters. The van der Waals surface area contributed by atoms with Gasteiger partial charge in [0.15, 0.2) is 0 Å². The van der Waals surface area contributed by atoms with Crippen LogP contribution in [-0.2, 0) is 0 Å². The van der Waals surface area contributed by atoms with Crippen LogP contribution < -0.4 is 0 Å². The van der Waals surface area contributed by atoms with Gasteiger partial charge in [-0.15, -0.1) is 9.24 Å². The summed E-state index contributed by atoms with van der Waals surface area (Å²) < 4.78 is 0. The summed E-state index contributed by atoms with van der Waals surface area (Å²) in [6.07, 6.45) is 10.1. The van der Waals surface area contributed by atoms with Crippen molar-refractivity contribution in [1.82, 2.24) is 0 Å². The van der Waals surface area contributed by atoms with Gasteiger partial charge in [0.2, 0.25) is 0 Å². The van der Waals surface area contributed by atoms with Crippen molar-refractivity contribution in [3.05, 3.63) is 36.0 Å². The van der Waals surface area contributed by atoms with E-state index in [1.165, 1.54) is 0 Å². The Morgan fingerprint density at radius 2 is 1.69 bits per heavy atom. The van der Waals surface area contributed by atoms with Crippen LogP contribution in [-0.4, -0.2) is 15.9 Å². The summed E-state index contributed by atoms with van der Waals surface area (Å²) in [5.74, 6) is 0. The van der Waals surface area contributed by atoms with Crippen molar-refractivity contribution < 1.29 is 5.11 Å². The first kappa shape index (κ1) is 13.7. The van der Waals surface area contributed by atoms with E-state index < -0.39 is 5.60 Å². The fourth-order valence-electron chi connectivity index (χ4n) is 1.55. The van der Waals surface area contributed by atoms with Crippen LogP contribution in [0.5, 0.6) is 0 Å². The first-order chi connectivity index (χ1) is 7.02. The van der Waals surface area contributed by atoms with E-state index in [1.807, 2.05) is 25.2 Å². The van der Waals surface area contributed by atoms with Crippen LogP contribution in [0.1, 0.15) is 34.6 Å². The third-order valence-electron chi connectivity index (χ3n) is 2.72. The summed E-state index contributed by atoms with van der Waals surface area (Å²) in [6, 6.07) is 0. The molecule has 0 amide bonds. The van der Waals surface area contributed by atoms with Crippen LogP contribution in [0.3, 0.4) is 0 Å². The van der Waals surface area contributed by atoms with Gasteiger partial charge in [0.25, 0.3) is 0 Å². The van der Waals surface area contributed by atoms with Crippen molar-refractivity contribution in [3.63, 3.8) is 0 Å². The lowest BCUT2D eigenvalue weighted by Gasteiger charge is -2.28. The Kier molecular flexibility index (Phi) is 3.53. The van der Waals surface area contributed by atoms with Gasteiger partial charge < -0.3 is 5.11 Å². The highest BCUT2D eigenvalue weighted by molar-refractivity contribution is 7.19. The zero-order valence-electron chi connectivity index (χ0n) is 10.9. The molecule has 1 aliphatic rings. The molecule has 0 aliphatic heterocycles. The highest BCUT2D eigenvalue weighted by Gasteiger charge is 2.24. The molecule has 0 aromatic carbocycles. The number of hydrogen-bond donors (Lipinski definition) is 1. The first-order valence-electron chi connectivity index (χ1n) is 5.66. The standard InChI is InChI=1S/C14H23OP/c1-12(2,3)11-6-7-14(5,16)9-8-13(4,15)10-11/h6-10,15H,16H2,1-5H3/b7-6-,9-8-,11-10+. The van der Waals surface area contributed by atoms with Crippen molar-refractivity contribution >= 4 is 9.24 Å². The van der Waals surface area contributed by atoms with E-state index in [0.29, 0.717) is 0 Å². The lowest BCUT2D eigenvalue weighted by atomic mass is 9.81. The normalized spacial score (nSPS) is 42.8. The second-order valence-corrected chi connectivity index (χ2v) is 7.35. The van der Waals surface area contributed by atoms with E-state index in [4.69, 9.17) is 0 Å². The van der Waals surface area contributed by atoms with E-state index in [0.717, 1.165) is 5.57 Å². The van der Waals surface area contributed by atoms with Gasteiger partial charge in [-0.2, -0.15) is 0 Å². The Morgan fingerprint density at radius 1 is 1.12 bits per heavy atom. The maximum atomic E-state index is 10.2. The summed E-state index contributed by atoms with van der Waals surface area (Å²) >= 11 is 0. The van der Waals surface area contributed by atoms with E-state index in [2.05, 4.69) is 49.1 Å². The lowest BCUT2D eigenvalue weighted by Crippen LogP contribution is -2.24. The molecule has 0 radical (unpaired) electrons. The molecule has 3 atom stereocenters. The largest absolute Gasteiger partial charge is 0.382 e.